The minimum absolute atomic E-state index is 0. The maximum Gasteiger partial charge on any atom is 0.223 e. The molecule has 128 valence electrons. The first-order valence-electron chi connectivity index (χ1n) is 8.38. The van der Waals surface area contributed by atoms with Crippen LogP contribution in [0.5, 0.6) is 0 Å². The highest BCUT2D eigenvalue weighted by atomic mass is 35.5. The molecule has 2 unspecified atom stereocenters. The third-order valence-corrected chi connectivity index (χ3v) is 6.31. The van der Waals surface area contributed by atoms with Gasteiger partial charge in [0.05, 0.1) is 6.04 Å². The van der Waals surface area contributed by atoms with Gasteiger partial charge in [0.25, 0.3) is 0 Å². The van der Waals surface area contributed by atoms with Crippen LogP contribution in [0.25, 0.3) is 0 Å². The fourth-order valence-electron chi connectivity index (χ4n) is 3.86. The quantitative estimate of drug-likeness (QED) is 0.901. The number of thioether (sulfide) groups is 1. The van der Waals surface area contributed by atoms with E-state index in [1.165, 1.54) is 12.0 Å². The highest BCUT2D eigenvalue weighted by molar-refractivity contribution is 8.00. The van der Waals surface area contributed by atoms with E-state index >= 15 is 0 Å². The second-order valence-electron chi connectivity index (χ2n) is 6.58. The van der Waals surface area contributed by atoms with Crippen molar-refractivity contribution in [1.82, 2.24) is 4.90 Å². The molecule has 1 aromatic rings. The molecule has 1 aliphatic carbocycles. The first kappa shape index (κ1) is 18.6. The molecule has 2 N–H and O–H groups in total. The van der Waals surface area contributed by atoms with E-state index in [9.17, 15) is 4.79 Å². The zero-order valence-corrected chi connectivity index (χ0v) is 15.3. The summed E-state index contributed by atoms with van der Waals surface area (Å²) >= 11 is 1.97. The molecule has 23 heavy (non-hydrogen) atoms. The third-order valence-electron chi connectivity index (χ3n) is 5.11. The molecule has 1 aliphatic heterocycles. The van der Waals surface area contributed by atoms with Crippen molar-refractivity contribution in [3.8, 4) is 0 Å². The lowest BCUT2D eigenvalue weighted by atomic mass is 9.97. The van der Waals surface area contributed by atoms with Crippen molar-refractivity contribution in [3.63, 3.8) is 0 Å². The number of halogens is 1. The van der Waals surface area contributed by atoms with Gasteiger partial charge in [0.2, 0.25) is 5.91 Å². The number of nitrogens with zero attached hydrogens (tertiary/aromatic N) is 1. The summed E-state index contributed by atoms with van der Waals surface area (Å²) in [7, 11) is 0. The van der Waals surface area contributed by atoms with Crippen LogP contribution in [-0.2, 0) is 4.79 Å². The van der Waals surface area contributed by atoms with Gasteiger partial charge in [-0.3, -0.25) is 4.79 Å². The van der Waals surface area contributed by atoms with Gasteiger partial charge in [-0.05, 0) is 24.3 Å². The van der Waals surface area contributed by atoms with Crippen LogP contribution in [0.2, 0.25) is 0 Å². The lowest BCUT2D eigenvalue weighted by Gasteiger charge is -2.40. The van der Waals surface area contributed by atoms with E-state index in [1.54, 1.807) is 0 Å². The van der Waals surface area contributed by atoms with Gasteiger partial charge in [0, 0.05) is 30.0 Å². The number of hydrogen-bond donors (Lipinski definition) is 1. The molecule has 5 heteroatoms. The minimum Gasteiger partial charge on any atom is -0.334 e. The van der Waals surface area contributed by atoms with E-state index in [2.05, 4.69) is 36.1 Å². The summed E-state index contributed by atoms with van der Waals surface area (Å²) in [6, 6.07) is 10.9. The van der Waals surface area contributed by atoms with Crippen molar-refractivity contribution in [2.75, 3.05) is 12.3 Å². The molecule has 4 atom stereocenters. The summed E-state index contributed by atoms with van der Waals surface area (Å²) < 4.78 is 0. The molecule has 3 rings (SSSR count). The summed E-state index contributed by atoms with van der Waals surface area (Å²) in [6.07, 6.45) is 3.99. The average Bonchev–Trinajstić information content (AvgIpc) is 2.93. The predicted molar refractivity (Wildman–Crippen MR) is 100.0 cm³/mol. The van der Waals surface area contributed by atoms with Crippen LogP contribution in [0.4, 0.5) is 0 Å². The van der Waals surface area contributed by atoms with Gasteiger partial charge < -0.3 is 10.6 Å². The Morgan fingerprint density at radius 3 is 2.70 bits per heavy atom. The molecular formula is C18H27ClN2OS. The molecule has 1 amide bonds. The summed E-state index contributed by atoms with van der Waals surface area (Å²) in [5.74, 6) is 1.71. The number of carbonyl (C=O) groups excluding carboxylic acids is 1. The van der Waals surface area contributed by atoms with Crippen LogP contribution in [0.3, 0.4) is 0 Å². The number of nitrogens with two attached hydrogens (primary N) is 1. The maximum atomic E-state index is 12.9. The van der Waals surface area contributed by atoms with Gasteiger partial charge in [0.1, 0.15) is 0 Å². The summed E-state index contributed by atoms with van der Waals surface area (Å²) in [5.41, 5.74) is 7.41. The number of benzene rings is 1. The molecule has 3 nitrogen and oxygen atoms in total. The Morgan fingerprint density at radius 1 is 1.30 bits per heavy atom. The number of carbonyl (C=O) groups is 1. The normalized spacial score (nSPS) is 30.8. The smallest absolute Gasteiger partial charge is 0.223 e. The van der Waals surface area contributed by atoms with E-state index in [-0.39, 0.29) is 24.5 Å². The van der Waals surface area contributed by atoms with Gasteiger partial charge in [-0.1, -0.05) is 43.7 Å². The van der Waals surface area contributed by atoms with Crippen LogP contribution in [0.1, 0.15) is 44.2 Å². The molecule has 0 aromatic heterocycles. The lowest BCUT2D eigenvalue weighted by Crippen LogP contribution is -2.45. The van der Waals surface area contributed by atoms with Crippen LogP contribution in [0, 0.1) is 5.92 Å². The van der Waals surface area contributed by atoms with Gasteiger partial charge in [0.15, 0.2) is 0 Å². The Morgan fingerprint density at radius 2 is 2.04 bits per heavy atom. The largest absolute Gasteiger partial charge is 0.334 e. The first-order valence-corrected chi connectivity index (χ1v) is 9.43. The number of amides is 1. The Hall–Kier alpha value is -0.710. The lowest BCUT2D eigenvalue weighted by molar-refractivity contribution is -0.134. The zero-order chi connectivity index (χ0) is 15.5. The van der Waals surface area contributed by atoms with Gasteiger partial charge in [-0.15, -0.1) is 12.4 Å². The summed E-state index contributed by atoms with van der Waals surface area (Å²) in [4.78, 5) is 15.0. The second kappa shape index (κ2) is 8.41. The van der Waals surface area contributed by atoms with Crippen LogP contribution in [0.15, 0.2) is 30.3 Å². The Labute approximate surface area is 149 Å². The van der Waals surface area contributed by atoms with Crippen molar-refractivity contribution in [1.29, 1.82) is 0 Å². The van der Waals surface area contributed by atoms with Crippen molar-refractivity contribution in [2.24, 2.45) is 11.7 Å². The van der Waals surface area contributed by atoms with E-state index in [0.717, 1.165) is 25.1 Å². The molecule has 1 heterocycles. The van der Waals surface area contributed by atoms with Crippen molar-refractivity contribution in [2.45, 2.75) is 49.9 Å². The van der Waals surface area contributed by atoms with Crippen molar-refractivity contribution >= 4 is 30.1 Å². The maximum absolute atomic E-state index is 12.9. The van der Waals surface area contributed by atoms with E-state index in [0.29, 0.717) is 23.5 Å². The molecule has 0 spiro atoms. The van der Waals surface area contributed by atoms with Gasteiger partial charge >= 0.3 is 0 Å². The van der Waals surface area contributed by atoms with Crippen molar-refractivity contribution < 1.29 is 4.79 Å². The van der Waals surface area contributed by atoms with Crippen molar-refractivity contribution in [3.05, 3.63) is 35.9 Å². The SMILES string of the molecule is CC1SCCN(C(=O)C[C@@H]2CCC[C@H]2N)C1c1ccccc1.Cl. The standard InChI is InChI=1S/C18H26N2OS.ClH/c1-13-18(14-6-3-2-4-7-14)20(10-11-22-13)17(21)12-15-8-5-9-16(15)19;/h2-4,6-7,13,15-16,18H,5,8-12,19H2,1H3;1H/t13?,15-,16+,18?;/m0./s1. The highest BCUT2D eigenvalue weighted by Crippen LogP contribution is 2.37. The number of hydrogen-bond acceptors (Lipinski definition) is 3. The predicted octanol–water partition coefficient (Wildman–Crippen LogP) is 3.63. The van der Waals surface area contributed by atoms with E-state index in [1.807, 2.05) is 17.8 Å². The summed E-state index contributed by atoms with van der Waals surface area (Å²) in [5, 5.41) is 0.442. The minimum atomic E-state index is 0. The third kappa shape index (κ3) is 4.23. The summed E-state index contributed by atoms with van der Waals surface area (Å²) in [6.45, 7) is 3.10. The zero-order valence-electron chi connectivity index (χ0n) is 13.7. The van der Waals surface area contributed by atoms with Gasteiger partial charge in [-0.25, -0.2) is 0 Å². The highest BCUT2D eigenvalue weighted by Gasteiger charge is 2.35. The molecule has 1 aromatic carbocycles. The Balaban J connectivity index is 0.00000192. The fourth-order valence-corrected chi connectivity index (χ4v) is 5.02. The molecular weight excluding hydrogens is 328 g/mol. The number of rotatable bonds is 3. The Kier molecular flexibility index (Phi) is 6.81. The van der Waals surface area contributed by atoms with E-state index < -0.39 is 0 Å². The molecule has 1 saturated carbocycles. The molecule has 2 aliphatic rings. The Bertz CT molecular complexity index is 513. The monoisotopic (exact) mass is 354 g/mol. The van der Waals surface area contributed by atoms with Crippen LogP contribution in [-0.4, -0.2) is 34.4 Å². The topological polar surface area (TPSA) is 46.3 Å². The van der Waals surface area contributed by atoms with Crippen LogP contribution >= 0.6 is 24.2 Å². The first-order chi connectivity index (χ1) is 10.7. The fraction of sp³-hybridized carbons (Fsp3) is 0.611. The van der Waals surface area contributed by atoms with E-state index in [4.69, 9.17) is 5.73 Å². The van der Waals surface area contributed by atoms with Gasteiger partial charge in [-0.2, -0.15) is 11.8 Å². The molecule has 0 bridgehead atoms. The molecule has 2 fully saturated rings. The van der Waals surface area contributed by atoms with Crippen LogP contribution < -0.4 is 5.73 Å². The second-order valence-corrected chi connectivity index (χ2v) is 8.06. The molecule has 0 radical (unpaired) electrons. The molecule has 1 saturated heterocycles. The average molecular weight is 355 g/mol.